The predicted molar refractivity (Wildman–Crippen MR) is 97.9 cm³/mol. The van der Waals surface area contributed by atoms with E-state index in [1.807, 2.05) is 23.1 Å². The SMILES string of the molecule is O=C(Cc1ccc(C2CC2)c(F)c1)N1CCN(c2ccc(Cl)nn2)CC1. The van der Waals surface area contributed by atoms with E-state index in [2.05, 4.69) is 15.1 Å². The topological polar surface area (TPSA) is 49.3 Å². The lowest BCUT2D eigenvalue weighted by atomic mass is 10.0. The second-order valence-electron chi connectivity index (χ2n) is 6.89. The summed E-state index contributed by atoms with van der Waals surface area (Å²) >= 11 is 5.76. The molecule has 1 aliphatic heterocycles. The van der Waals surface area contributed by atoms with Crippen LogP contribution in [-0.4, -0.2) is 47.2 Å². The van der Waals surface area contributed by atoms with Crippen LogP contribution in [0.3, 0.4) is 0 Å². The van der Waals surface area contributed by atoms with E-state index in [-0.39, 0.29) is 18.1 Å². The van der Waals surface area contributed by atoms with Gasteiger partial charge in [-0.25, -0.2) is 4.39 Å². The Morgan fingerprint density at radius 1 is 1.12 bits per heavy atom. The van der Waals surface area contributed by atoms with Crippen LogP contribution < -0.4 is 4.90 Å². The predicted octanol–water partition coefficient (Wildman–Crippen LogP) is 3.04. The average Bonchev–Trinajstić information content (AvgIpc) is 3.48. The molecule has 7 heteroatoms. The Morgan fingerprint density at radius 2 is 1.88 bits per heavy atom. The van der Waals surface area contributed by atoms with Crippen LogP contribution in [0.1, 0.15) is 29.9 Å². The number of rotatable bonds is 4. The quantitative estimate of drug-likeness (QED) is 0.825. The minimum atomic E-state index is -0.177. The summed E-state index contributed by atoms with van der Waals surface area (Å²) in [7, 11) is 0. The van der Waals surface area contributed by atoms with Crippen LogP contribution in [0, 0.1) is 5.82 Å². The molecule has 1 saturated heterocycles. The fourth-order valence-electron chi connectivity index (χ4n) is 3.36. The van der Waals surface area contributed by atoms with Gasteiger partial charge in [0, 0.05) is 26.2 Å². The Kier molecular flexibility index (Phi) is 4.76. The van der Waals surface area contributed by atoms with Crippen molar-refractivity contribution < 1.29 is 9.18 Å². The molecule has 2 aromatic rings. The number of piperazine rings is 1. The van der Waals surface area contributed by atoms with Crippen LogP contribution in [0.25, 0.3) is 0 Å². The molecular weight excluding hydrogens is 355 g/mol. The molecule has 136 valence electrons. The summed E-state index contributed by atoms with van der Waals surface area (Å²) < 4.78 is 14.1. The molecule has 0 bridgehead atoms. The highest BCUT2D eigenvalue weighted by atomic mass is 35.5. The Balaban J connectivity index is 1.33. The van der Waals surface area contributed by atoms with E-state index in [4.69, 9.17) is 11.6 Å². The van der Waals surface area contributed by atoms with Crippen LogP contribution >= 0.6 is 11.6 Å². The number of amides is 1. The second kappa shape index (κ2) is 7.19. The van der Waals surface area contributed by atoms with E-state index in [0.29, 0.717) is 37.3 Å². The van der Waals surface area contributed by atoms with Gasteiger partial charge in [0.15, 0.2) is 11.0 Å². The van der Waals surface area contributed by atoms with Gasteiger partial charge in [-0.1, -0.05) is 23.7 Å². The fraction of sp³-hybridized carbons (Fsp3) is 0.421. The van der Waals surface area contributed by atoms with Gasteiger partial charge in [0.1, 0.15) is 5.82 Å². The van der Waals surface area contributed by atoms with Crippen LogP contribution in [0.15, 0.2) is 30.3 Å². The molecule has 1 aromatic heterocycles. The summed E-state index contributed by atoms with van der Waals surface area (Å²) in [5.41, 5.74) is 1.53. The largest absolute Gasteiger partial charge is 0.352 e. The number of benzene rings is 1. The lowest BCUT2D eigenvalue weighted by Gasteiger charge is -2.35. The van der Waals surface area contributed by atoms with Crippen molar-refractivity contribution in [1.29, 1.82) is 0 Å². The van der Waals surface area contributed by atoms with E-state index in [0.717, 1.165) is 29.8 Å². The first-order valence-corrected chi connectivity index (χ1v) is 9.28. The number of hydrogen-bond acceptors (Lipinski definition) is 4. The van der Waals surface area contributed by atoms with Crippen molar-refractivity contribution in [2.45, 2.75) is 25.2 Å². The first-order chi connectivity index (χ1) is 12.6. The van der Waals surface area contributed by atoms with Crippen LogP contribution in [0.2, 0.25) is 5.15 Å². The minimum Gasteiger partial charge on any atom is -0.352 e. The molecule has 1 amide bonds. The maximum Gasteiger partial charge on any atom is 0.227 e. The summed E-state index contributed by atoms with van der Waals surface area (Å²) in [4.78, 5) is 16.4. The maximum absolute atomic E-state index is 14.1. The van der Waals surface area contributed by atoms with E-state index in [1.165, 1.54) is 6.07 Å². The highest BCUT2D eigenvalue weighted by molar-refractivity contribution is 6.29. The van der Waals surface area contributed by atoms with Crippen LogP contribution in [-0.2, 0) is 11.2 Å². The monoisotopic (exact) mass is 374 g/mol. The zero-order valence-electron chi connectivity index (χ0n) is 14.4. The Bertz CT molecular complexity index is 802. The van der Waals surface area contributed by atoms with E-state index in [1.54, 1.807) is 6.07 Å². The summed E-state index contributed by atoms with van der Waals surface area (Å²) in [6.07, 6.45) is 2.37. The third-order valence-corrected chi connectivity index (χ3v) is 5.21. The van der Waals surface area contributed by atoms with Crippen molar-refractivity contribution in [3.63, 3.8) is 0 Å². The molecule has 4 rings (SSSR count). The normalized spacial score (nSPS) is 17.5. The molecule has 1 saturated carbocycles. The zero-order valence-corrected chi connectivity index (χ0v) is 15.1. The third kappa shape index (κ3) is 3.80. The molecule has 0 radical (unpaired) electrons. The summed E-state index contributed by atoms with van der Waals surface area (Å²) in [6.45, 7) is 2.62. The fourth-order valence-corrected chi connectivity index (χ4v) is 3.46. The number of anilines is 1. The van der Waals surface area contributed by atoms with Gasteiger partial charge in [-0.3, -0.25) is 4.79 Å². The number of carbonyl (C=O) groups excluding carboxylic acids is 1. The van der Waals surface area contributed by atoms with Crippen molar-refractivity contribution in [2.24, 2.45) is 0 Å². The van der Waals surface area contributed by atoms with Gasteiger partial charge in [0.25, 0.3) is 0 Å². The van der Waals surface area contributed by atoms with Crippen LogP contribution in [0.4, 0.5) is 10.2 Å². The number of aromatic nitrogens is 2. The molecular formula is C19H20ClFN4O. The Morgan fingerprint density at radius 3 is 2.50 bits per heavy atom. The molecule has 5 nitrogen and oxygen atoms in total. The number of carbonyl (C=O) groups is 1. The van der Waals surface area contributed by atoms with E-state index >= 15 is 0 Å². The second-order valence-corrected chi connectivity index (χ2v) is 7.28. The number of halogens is 2. The van der Waals surface area contributed by atoms with Gasteiger partial charge in [-0.15, -0.1) is 10.2 Å². The van der Waals surface area contributed by atoms with Crippen molar-refractivity contribution >= 4 is 23.3 Å². The first kappa shape index (κ1) is 17.2. The Hall–Kier alpha value is -2.21. The smallest absolute Gasteiger partial charge is 0.227 e. The molecule has 0 N–H and O–H groups in total. The molecule has 1 aromatic carbocycles. The number of nitrogens with zero attached hydrogens (tertiary/aromatic N) is 4. The number of hydrogen-bond donors (Lipinski definition) is 0. The van der Waals surface area contributed by atoms with Crippen molar-refractivity contribution in [2.75, 3.05) is 31.1 Å². The summed E-state index contributed by atoms with van der Waals surface area (Å²) in [6, 6.07) is 8.78. The minimum absolute atomic E-state index is 0.0328. The summed E-state index contributed by atoms with van der Waals surface area (Å²) in [5, 5.41) is 8.29. The van der Waals surface area contributed by atoms with E-state index < -0.39 is 0 Å². The van der Waals surface area contributed by atoms with Crippen molar-refractivity contribution in [3.8, 4) is 0 Å². The molecule has 26 heavy (non-hydrogen) atoms. The maximum atomic E-state index is 14.1. The van der Waals surface area contributed by atoms with Crippen molar-refractivity contribution in [3.05, 3.63) is 52.4 Å². The molecule has 2 fully saturated rings. The zero-order chi connectivity index (χ0) is 18.1. The summed E-state index contributed by atoms with van der Waals surface area (Å²) in [5.74, 6) is 0.998. The third-order valence-electron chi connectivity index (χ3n) is 5.01. The molecule has 0 atom stereocenters. The average molecular weight is 375 g/mol. The molecule has 0 spiro atoms. The van der Waals surface area contributed by atoms with Crippen molar-refractivity contribution in [1.82, 2.24) is 15.1 Å². The molecule has 1 aliphatic carbocycles. The first-order valence-electron chi connectivity index (χ1n) is 8.90. The lowest BCUT2D eigenvalue weighted by molar-refractivity contribution is -0.130. The van der Waals surface area contributed by atoms with Gasteiger partial charge < -0.3 is 9.80 Å². The van der Waals surface area contributed by atoms with Gasteiger partial charge in [0.2, 0.25) is 5.91 Å². The van der Waals surface area contributed by atoms with E-state index in [9.17, 15) is 9.18 Å². The highest BCUT2D eigenvalue weighted by Crippen LogP contribution is 2.41. The standard InChI is InChI=1S/C19H20ClFN4O/c20-17-5-6-18(23-22-17)24-7-9-25(10-8-24)19(26)12-13-1-4-15(14-2-3-14)16(21)11-13/h1,4-6,11,14H,2-3,7-10,12H2. The molecule has 0 unspecified atom stereocenters. The van der Waals surface area contributed by atoms with Gasteiger partial charge in [-0.05, 0) is 48.1 Å². The molecule has 2 aliphatic rings. The lowest BCUT2D eigenvalue weighted by Crippen LogP contribution is -2.49. The Labute approximate surface area is 156 Å². The highest BCUT2D eigenvalue weighted by Gasteiger charge is 2.27. The molecule has 2 heterocycles. The van der Waals surface area contributed by atoms with Gasteiger partial charge in [-0.2, -0.15) is 0 Å². The van der Waals surface area contributed by atoms with Gasteiger partial charge in [0.05, 0.1) is 6.42 Å². The van der Waals surface area contributed by atoms with Crippen LogP contribution in [0.5, 0.6) is 0 Å². The van der Waals surface area contributed by atoms with Gasteiger partial charge >= 0.3 is 0 Å².